The first-order valence-corrected chi connectivity index (χ1v) is 5.85. The number of aryl methyl sites for hydroxylation is 1. The van der Waals surface area contributed by atoms with Crippen LogP contribution in [0.2, 0.25) is 5.02 Å². The third kappa shape index (κ3) is 2.37. The minimum Gasteiger partial charge on any atom is -0.326 e. The van der Waals surface area contributed by atoms with Crippen molar-refractivity contribution in [3.05, 3.63) is 58.1 Å². The summed E-state index contributed by atoms with van der Waals surface area (Å²) in [5, 5.41) is 0.175. The number of hydrogen-bond acceptors (Lipinski definition) is 1. The van der Waals surface area contributed by atoms with Crippen LogP contribution in [0.4, 0.5) is 8.78 Å². The Hall–Kier alpha value is -1.45. The molecule has 0 fully saturated rings. The summed E-state index contributed by atoms with van der Waals surface area (Å²) in [6.45, 7) is 2.22. The molecule has 0 radical (unpaired) electrons. The lowest BCUT2D eigenvalue weighted by Gasteiger charge is -2.11. The fraction of sp³-hybridized carbons (Fsp3) is 0.143. The minimum atomic E-state index is -0.953. The zero-order valence-corrected chi connectivity index (χ0v) is 10.6. The summed E-state index contributed by atoms with van der Waals surface area (Å²) >= 11 is 5.97. The van der Waals surface area contributed by atoms with E-state index in [1.165, 1.54) is 0 Å². The highest BCUT2D eigenvalue weighted by Gasteiger charge is 2.12. The van der Waals surface area contributed by atoms with Crippen LogP contribution in [0.15, 0.2) is 30.3 Å². The molecule has 4 heteroatoms. The maximum atomic E-state index is 13.3. The zero-order valence-electron chi connectivity index (χ0n) is 9.81. The minimum absolute atomic E-state index is 0.175. The van der Waals surface area contributed by atoms with Gasteiger partial charge in [0.2, 0.25) is 0 Å². The predicted molar refractivity (Wildman–Crippen MR) is 69.4 cm³/mol. The maximum Gasteiger partial charge on any atom is 0.160 e. The molecule has 0 aliphatic carbocycles. The van der Waals surface area contributed by atoms with E-state index in [1.54, 1.807) is 0 Å². The first-order valence-electron chi connectivity index (χ1n) is 5.47. The van der Waals surface area contributed by atoms with E-state index in [0.29, 0.717) is 12.1 Å². The van der Waals surface area contributed by atoms with Gasteiger partial charge in [-0.3, -0.25) is 0 Å². The molecule has 0 aliphatic rings. The molecule has 0 saturated carbocycles. The van der Waals surface area contributed by atoms with Gasteiger partial charge in [-0.15, -0.1) is 0 Å². The normalized spacial score (nSPS) is 10.7. The van der Waals surface area contributed by atoms with E-state index in [1.807, 2.05) is 25.1 Å². The Morgan fingerprint density at radius 2 is 1.72 bits per heavy atom. The second-order valence-electron chi connectivity index (χ2n) is 4.11. The van der Waals surface area contributed by atoms with Gasteiger partial charge < -0.3 is 5.73 Å². The molecular formula is C14H12ClF2N. The standard InChI is InChI=1S/C14H12ClF2N/c1-8-2-3-9(7-18)10(4-8)11-5-13(16)14(17)6-12(11)15/h2-6H,7,18H2,1H3. The first kappa shape index (κ1) is 13.0. The van der Waals surface area contributed by atoms with Gasteiger partial charge in [0, 0.05) is 12.1 Å². The third-order valence-corrected chi connectivity index (χ3v) is 3.10. The quantitative estimate of drug-likeness (QED) is 0.816. The Balaban J connectivity index is 2.68. The molecule has 2 rings (SSSR count). The first-order chi connectivity index (χ1) is 8.52. The Bertz CT molecular complexity index is 597. The fourth-order valence-corrected chi connectivity index (χ4v) is 2.10. The van der Waals surface area contributed by atoms with Gasteiger partial charge in [-0.1, -0.05) is 35.4 Å². The molecule has 2 N–H and O–H groups in total. The molecule has 94 valence electrons. The van der Waals surface area contributed by atoms with Crippen LogP contribution in [0.3, 0.4) is 0 Å². The topological polar surface area (TPSA) is 26.0 Å². The lowest BCUT2D eigenvalue weighted by atomic mass is 9.97. The van der Waals surface area contributed by atoms with Gasteiger partial charge in [-0.25, -0.2) is 8.78 Å². The highest BCUT2D eigenvalue weighted by molar-refractivity contribution is 6.33. The second kappa shape index (κ2) is 5.04. The Labute approximate surface area is 109 Å². The van der Waals surface area contributed by atoms with Gasteiger partial charge in [0.05, 0.1) is 5.02 Å². The van der Waals surface area contributed by atoms with Crippen LogP contribution in [0, 0.1) is 18.6 Å². The van der Waals surface area contributed by atoms with Crippen LogP contribution in [-0.2, 0) is 6.54 Å². The molecule has 0 aromatic heterocycles. The molecular weight excluding hydrogens is 256 g/mol. The van der Waals surface area contributed by atoms with Crippen molar-refractivity contribution in [3.63, 3.8) is 0 Å². The molecule has 1 nitrogen and oxygen atoms in total. The van der Waals surface area contributed by atoms with Gasteiger partial charge in [-0.2, -0.15) is 0 Å². The van der Waals surface area contributed by atoms with E-state index in [4.69, 9.17) is 17.3 Å². The van der Waals surface area contributed by atoms with Crippen LogP contribution in [-0.4, -0.2) is 0 Å². The molecule has 0 bridgehead atoms. The van der Waals surface area contributed by atoms with E-state index in [9.17, 15) is 8.78 Å². The summed E-state index contributed by atoms with van der Waals surface area (Å²) in [7, 11) is 0. The SMILES string of the molecule is Cc1ccc(CN)c(-c2cc(F)c(F)cc2Cl)c1. The van der Waals surface area contributed by atoms with Gasteiger partial charge >= 0.3 is 0 Å². The molecule has 0 heterocycles. The molecule has 2 aromatic carbocycles. The lowest BCUT2D eigenvalue weighted by molar-refractivity contribution is 0.509. The van der Waals surface area contributed by atoms with E-state index < -0.39 is 11.6 Å². The van der Waals surface area contributed by atoms with Crippen molar-refractivity contribution >= 4 is 11.6 Å². The van der Waals surface area contributed by atoms with Crippen molar-refractivity contribution < 1.29 is 8.78 Å². The van der Waals surface area contributed by atoms with Crippen molar-refractivity contribution in [3.8, 4) is 11.1 Å². The van der Waals surface area contributed by atoms with E-state index in [2.05, 4.69) is 0 Å². The van der Waals surface area contributed by atoms with Crippen LogP contribution < -0.4 is 5.73 Å². The van der Waals surface area contributed by atoms with Crippen LogP contribution >= 0.6 is 11.6 Å². The number of rotatable bonds is 2. The van der Waals surface area contributed by atoms with E-state index >= 15 is 0 Å². The smallest absolute Gasteiger partial charge is 0.160 e. The molecule has 2 aromatic rings. The van der Waals surface area contributed by atoms with Crippen molar-refractivity contribution in [1.82, 2.24) is 0 Å². The predicted octanol–water partition coefficient (Wildman–Crippen LogP) is 4.05. The molecule has 0 amide bonds. The number of nitrogens with two attached hydrogens (primary N) is 1. The average molecular weight is 268 g/mol. The zero-order chi connectivity index (χ0) is 13.3. The van der Waals surface area contributed by atoms with Crippen LogP contribution in [0.5, 0.6) is 0 Å². The van der Waals surface area contributed by atoms with Crippen LogP contribution in [0.1, 0.15) is 11.1 Å². The fourth-order valence-electron chi connectivity index (χ4n) is 1.85. The highest BCUT2D eigenvalue weighted by Crippen LogP contribution is 2.32. The summed E-state index contributed by atoms with van der Waals surface area (Å²) in [5.41, 5.74) is 8.68. The van der Waals surface area contributed by atoms with Gasteiger partial charge in [0.15, 0.2) is 11.6 Å². The molecule has 0 spiro atoms. The Morgan fingerprint density at radius 3 is 2.39 bits per heavy atom. The largest absolute Gasteiger partial charge is 0.326 e. The van der Waals surface area contributed by atoms with E-state index in [0.717, 1.165) is 28.8 Å². The number of hydrogen-bond donors (Lipinski definition) is 1. The molecule has 18 heavy (non-hydrogen) atoms. The maximum absolute atomic E-state index is 13.3. The molecule has 0 aliphatic heterocycles. The van der Waals surface area contributed by atoms with Gasteiger partial charge in [-0.05, 0) is 30.2 Å². The van der Waals surface area contributed by atoms with Crippen molar-refractivity contribution in [1.29, 1.82) is 0 Å². The summed E-state index contributed by atoms with van der Waals surface area (Å²) in [4.78, 5) is 0. The van der Waals surface area contributed by atoms with Crippen molar-refractivity contribution in [2.24, 2.45) is 5.73 Å². The average Bonchev–Trinajstić information content (AvgIpc) is 2.34. The second-order valence-corrected chi connectivity index (χ2v) is 4.52. The number of benzene rings is 2. The van der Waals surface area contributed by atoms with Crippen molar-refractivity contribution in [2.75, 3.05) is 0 Å². The van der Waals surface area contributed by atoms with Crippen LogP contribution in [0.25, 0.3) is 11.1 Å². The number of halogens is 3. The Morgan fingerprint density at radius 1 is 1.06 bits per heavy atom. The highest BCUT2D eigenvalue weighted by atomic mass is 35.5. The molecule has 0 saturated heterocycles. The molecule has 0 atom stereocenters. The summed E-state index contributed by atoms with van der Waals surface area (Å²) < 4.78 is 26.4. The summed E-state index contributed by atoms with van der Waals surface area (Å²) in [6, 6.07) is 7.73. The summed E-state index contributed by atoms with van der Waals surface area (Å²) in [6.07, 6.45) is 0. The van der Waals surface area contributed by atoms with Gasteiger partial charge in [0.1, 0.15) is 0 Å². The lowest BCUT2D eigenvalue weighted by Crippen LogP contribution is -2.00. The molecule has 0 unspecified atom stereocenters. The van der Waals surface area contributed by atoms with Gasteiger partial charge in [0.25, 0.3) is 0 Å². The third-order valence-electron chi connectivity index (χ3n) is 2.79. The monoisotopic (exact) mass is 267 g/mol. The van der Waals surface area contributed by atoms with Crippen molar-refractivity contribution in [2.45, 2.75) is 13.5 Å². The Kier molecular flexibility index (Phi) is 3.64. The summed E-state index contributed by atoms with van der Waals surface area (Å²) in [5.74, 6) is -1.87. The van der Waals surface area contributed by atoms with E-state index in [-0.39, 0.29) is 5.02 Å².